The Bertz CT molecular complexity index is 1960. The van der Waals surface area contributed by atoms with E-state index in [-0.39, 0.29) is 25.1 Å². The zero-order chi connectivity index (χ0) is 38.6. The van der Waals surface area contributed by atoms with Crippen LogP contribution in [0.3, 0.4) is 0 Å². The van der Waals surface area contributed by atoms with Crippen LogP contribution in [-0.2, 0) is 47.2 Å². The molecule has 55 heavy (non-hydrogen) atoms. The molecule has 1 atom stereocenters. The second-order valence-corrected chi connectivity index (χ2v) is 15.5. The second-order valence-electron chi connectivity index (χ2n) is 13.6. The highest BCUT2D eigenvalue weighted by Gasteiger charge is 2.17. The molecule has 0 radical (unpaired) electrons. The fraction of sp³-hybridized carbons (Fsp3) is 0.311. The molecule has 5 aromatic carbocycles. The lowest BCUT2D eigenvalue weighted by molar-refractivity contribution is 0.139. The number of hydrogen-bond acceptors (Lipinski definition) is 7. The average Bonchev–Trinajstić information content (AvgIpc) is 3.21. The smallest absolute Gasteiger partial charge is 0.407 e. The van der Waals surface area contributed by atoms with Gasteiger partial charge in [0.05, 0.1) is 17.5 Å². The monoisotopic (exact) mass is 763 g/mol. The first-order valence-corrected chi connectivity index (χ1v) is 20.7. The third kappa shape index (κ3) is 15.2. The molecule has 0 aliphatic carbocycles. The van der Waals surface area contributed by atoms with E-state index < -0.39 is 16.1 Å². The van der Waals surface area contributed by atoms with E-state index in [1.54, 1.807) is 18.2 Å². The maximum Gasteiger partial charge on any atom is 0.407 e. The number of unbranched alkanes of at least 4 members (excludes halogenated alkanes) is 2. The molecular weight excluding hydrogens is 711 g/mol. The van der Waals surface area contributed by atoms with Gasteiger partial charge in [0.1, 0.15) is 19.0 Å². The van der Waals surface area contributed by atoms with Gasteiger partial charge < -0.3 is 25.2 Å². The predicted octanol–water partition coefficient (Wildman–Crippen LogP) is 8.15. The van der Waals surface area contributed by atoms with Gasteiger partial charge in [0, 0.05) is 13.1 Å². The fourth-order valence-electron chi connectivity index (χ4n) is 6.04. The summed E-state index contributed by atoms with van der Waals surface area (Å²) in [5.74, 6) is 0.318. The zero-order valence-corrected chi connectivity index (χ0v) is 32.2. The average molecular weight is 764 g/mol. The molecule has 10 heteroatoms. The molecule has 0 bridgehead atoms. The van der Waals surface area contributed by atoms with E-state index >= 15 is 0 Å². The molecular formula is C45H53N3O6S. The molecule has 0 fully saturated rings. The number of ether oxygens (including phenoxy) is 2. The number of amides is 1. The van der Waals surface area contributed by atoms with Crippen LogP contribution in [0.4, 0.5) is 10.5 Å². The minimum absolute atomic E-state index is 0.0808. The van der Waals surface area contributed by atoms with E-state index in [1.165, 1.54) is 11.1 Å². The van der Waals surface area contributed by atoms with Crippen LogP contribution in [0.5, 0.6) is 5.75 Å². The summed E-state index contributed by atoms with van der Waals surface area (Å²) in [6.07, 6.45) is 4.92. The highest BCUT2D eigenvalue weighted by Crippen LogP contribution is 2.30. The van der Waals surface area contributed by atoms with E-state index in [4.69, 9.17) is 9.47 Å². The summed E-state index contributed by atoms with van der Waals surface area (Å²) in [6.45, 7) is 2.23. The van der Waals surface area contributed by atoms with Gasteiger partial charge in [-0.2, -0.15) is 0 Å². The van der Waals surface area contributed by atoms with Crippen LogP contribution < -0.4 is 20.1 Å². The van der Waals surface area contributed by atoms with E-state index in [0.717, 1.165) is 61.8 Å². The molecule has 1 unspecified atom stereocenters. The Balaban J connectivity index is 0.999. The largest absolute Gasteiger partial charge is 0.487 e. The van der Waals surface area contributed by atoms with Crippen LogP contribution in [0.25, 0.3) is 0 Å². The molecule has 0 aliphatic heterocycles. The summed E-state index contributed by atoms with van der Waals surface area (Å²) in [4.78, 5) is 11.9. The summed E-state index contributed by atoms with van der Waals surface area (Å²) < 4.78 is 40.3. The van der Waals surface area contributed by atoms with Gasteiger partial charge in [0.15, 0.2) is 0 Å². The first-order chi connectivity index (χ1) is 26.8. The Kier molecular flexibility index (Phi) is 16.6. The lowest BCUT2D eigenvalue weighted by Crippen LogP contribution is -2.25. The number of rotatable bonds is 23. The van der Waals surface area contributed by atoms with Crippen LogP contribution in [-0.4, -0.2) is 45.0 Å². The number of aryl methyl sites for hydroxylation is 3. The molecule has 4 N–H and O–H groups in total. The molecule has 5 aromatic rings. The van der Waals surface area contributed by atoms with Gasteiger partial charge in [-0.25, -0.2) is 13.2 Å². The minimum Gasteiger partial charge on any atom is -0.487 e. The zero-order valence-electron chi connectivity index (χ0n) is 31.4. The van der Waals surface area contributed by atoms with Crippen molar-refractivity contribution >= 4 is 21.8 Å². The Morgan fingerprint density at radius 3 is 1.78 bits per heavy atom. The maximum atomic E-state index is 13.1. The molecule has 0 aromatic heterocycles. The Labute approximate surface area is 326 Å². The van der Waals surface area contributed by atoms with Crippen molar-refractivity contribution in [2.24, 2.45) is 0 Å². The molecule has 9 nitrogen and oxygen atoms in total. The first kappa shape index (κ1) is 41.0. The number of sulfonamides is 1. The van der Waals surface area contributed by atoms with Gasteiger partial charge in [0.25, 0.3) is 0 Å². The quantitative estimate of drug-likeness (QED) is 0.0495. The predicted molar refractivity (Wildman–Crippen MR) is 220 cm³/mol. The number of carbonyl (C=O) groups excluding carboxylic acids is 1. The molecule has 0 aliphatic rings. The molecule has 1 amide bonds. The number of benzene rings is 5. The van der Waals surface area contributed by atoms with Crippen molar-refractivity contribution < 1.29 is 27.8 Å². The van der Waals surface area contributed by atoms with Crippen LogP contribution in [0.2, 0.25) is 0 Å². The number of nitrogens with one attached hydrogen (secondary N) is 3. The van der Waals surface area contributed by atoms with Crippen molar-refractivity contribution in [3.63, 3.8) is 0 Å². The normalized spacial score (nSPS) is 11.8. The molecule has 290 valence electrons. The van der Waals surface area contributed by atoms with E-state index in [9.17, 15) is 18.3 Å². The third-order valence-electron chi connectivity index (χ3n) is 9.20. The van der Waals surface area contributed by atoms with Crippen molar-refractivity contribution in [3.05, 3.63) is 167 Å². The topological polar surface area (TPSA) is 126 Å². The standard InChI is InChI=1S/C45H53N3O6S/c49-43(33-46-29-12-10-16-37-22-24-38(25-23-37)17-11-13-30-47-45(50)54-35-40-20-8-3-9-21-40)41-26-27-44(53-34-39-18-6-2-7-19-39)42(32-41)48-55(51,52)31-28-36-14-4-1-5-15-36/h1-9,14-15,18-27,32,43,46,48-49H,10-13,16-17,28-31,33-35H2,(H,47,50). The highest BCUT2D eigenvalue weighted by molar-refractivity contribution is 7.92. The van der Waals surface area contributed by atoms with Gasteiger partial charge in [-0.05, 0) is 97.0 Å². The summed E-state index contributed by atoms with van der Waals surface area (Å²) in [7, 11) is -3.70. The Morgan fingerprint density at radius 1 is 0.618 bits per heavy atom. The van der Waals surface area contributed by atoms with Crippen molar-refractivity contribution in [1.82, 2.24) is 10.6 Å². The van der Waals surface area contributed by atoms with Crippen LogP contribution >= 0.6 is 0 Å². The van der Waals surface area contributed by atoms with Gasteiger partial charge in [-0.15, -0.1) is 0 Å². The molecule has 0 heterocycles. The summed E-state index contributed by atoms with van der Waals surface area (Å²) in [5, 5.41) is 17.2. The van der Waals surface area contributed by atoms with E-state index in [0.29, 0.717) is 36.5 Å². The van der Waals surface area contributed by atoms with E-state index in [2.05, 4.69) is 39.6 Å². The number of anilines is 1. The first-order valence-electron chi connectivity index (χ1n) is 19.1. The number of carbonyl (C=O) groups is 1. The fourth-order valence-corrected chi connectivity index (χ4v) is 7.14. The van der Waals surface area contributed by atoms with Gasteiger partial charge in [-0.3, -0.25) is 4.72 Å². The number of alkyl carbamates (subject to hydrolysis) is 1. The third-order valence-corrected chi connectivity index (χ3v) is 10.5. The molecule has 5 rings (SSSR count). The number of hydrogen-bond donors (Lipinski definition) is 4. The van der Waals surface area contributed by atoms with Crippen LogP contribution in [0, 0.1) is 0 Å². The summed E-state index contributed by atoms with van der Waals surface area (Å²) in [5.41, 5.74) is 6.34. The summed E-state index contributed by atoms with van der Waals surface area (Å²) >= 11 is 0. The van der Waals surface area contributed by atoms with Gasteiger partial charge in [-0.1, -0.05) is 121 Å². The van der Waals surface area contributed by atoms with Gasteiger partial charge >= 0.3 is 6.09 Å². The summed E-state index contributed by atoms with van der Waals surface area (Å²) in [6, 6.07) is 42.7. The Hall–Kier alpha value is -5.16. The number of aliphatic hydroxyl groups excluding tert-OH is 1. The molecule has 0 spiro atoms. The highest BCUT2D eigenvalue weighted by atomic mass is 32.2. The second kappa shape index (κ2) is 22.3. The SMILES string of the molecule is O=C(NCCCCc1ccc(CCCCNCC(O)c2ccc(OCc3ccccc3)c(NS(=O)(=O)CCc3ccccc3)c2)cc1)OCc1ccccc1. The molecule has 0 saturated carbocycles. The van der Waals surface area contributed by atoms with Crippen LogP contribution in [0.1, 0.15) is 65.2 Å². The van der Waals surface area contributed by atoms with Crippen LogP contribution in [0.15, 0.2) is 133 Å². The lowest BCUT2D eigenvalue weighted by Gasteiger charge is -2.18. The number of aliphatic hydroxyl groups is 1. The van der Waals surface area contributed by atoms with Gasteiger partial charge in [0.2, 0.25) is 10.0 Å². The van der Waals surface area contributed by atoms with Crippen molar-refractivity contribution in [1.29, 1.82) is 0 Å². The maximum absolute atomic E-state index is 13.1. The Morgan fingerprint density at radius 2 is 1.16 bits per heavy atom. The van der Waals surface area contributed by atoms with Crippen molar-refractivity contribution in [3.8, 4) is 5.75 Å². The lowest BCUT2D eigenvalue weighted by atomic mass is 10.0. The minimum atomic E-state index is -3.70. The van der Waals surface area contributed by atoms with Crippen molar-refractivity contribution in [2.75, 3.05) is 30.1 Å². The van der Waals surface area contributed by atoms with Crippen molar-refractivity contribution in [2.45, 2.75) is 64.3 Å². The van der Waals surface area contributed by atoms with E-state index in [1.807, 2.05) is 91.0 Å². The molecule has 0 saturated heterocycles.